The van der Waals surface area contributed by atoms with Crippen LogP contribution in [-0.2, 0) is 6.54 Å². The van der Waals surface area contributed by atoms with Gasteiger partial charge in [0.2, 0.25) is 0 Å². The number of halogens is 1. The Morgan fingerprint density at radius 2 is 2.12 bits per heavy atom. The summed E-state index contributed by atoms with van der Waals surface area (Å²) in [6.07, 6.45) is 2.21. The van der Waals surface area contributed by atoms with Crippen molar-refractivity contribution >= 4 is 22.5 Å². The van der Waals surface area contributed by atoms with Crippen molar-refractivity contribution < 1.29 is 0 Å². The molecule has 0 amide bonds. The molecule has 0 unspecified atom stereocenters. The highest BCUT2D eigenvalue weighted by atomic mass is 35.5. The third kappa shape index (κ3) is 1.95. The Hall–Kier alpha value is -0.990. The molecule has 0 saturated heterocycles. The third-order valence-electron chi connectivity index (χ3n) is 2.80. The minimum Gasteiger partial charge on any atom is -0.345 e. The largest absolute Gasteiger partial charge is 0.345 e. The maximum atomic E-state index is 6.05. The Balaban J connectivity index is 2.66. The van der Waals surface area contributed by atoms with Gasteiger partial charge in [-0.1, -0.05) is 17.7 Å². The summed E-state index contributed by atoms with van der Waals surface area (Å²) in [6.45, 7) is 5.25. The van der Waals surface area contributed by atoms with Gasteiger partial charge in [-0.3, -0.25) is 0 Å². The zero-order valence-electron chi connectivity index (χ0n) is 9.92. The summed E-state index contributed by atoms with van der Waals surface area (Å²) in [7, 11) is 1.97. The van der Waals surface area contributed by atoms with E-state index in [-0.39, 0.29) is 0 Å². The fraction of sp³-hybridized carbons (Fsp3) is 0.385. The fourth-order valence-electron chi connectivity index (χ4n) is 2.06. The molecule has 0 saturated carbocycles. The SMILES string of the molecule is CNCc1cn(C(C)C)c2cc(Cl)ccc12. The van der Waals surface area contributed by atoms with Gasteiger partial charge in [0.1, 0.15) is 0 Å². The lowest BCUT2D eigenvalue weighted by Gasteiger charge is -2.08. The molecule has 0 fully saturated rings. The van der Waals surface area contributed by atoms with Crippen molar-refractivity contribution in [1.82, 2.24) is 9.88 Å². The second kappa shape index (κ2) is 4.48. The van der Waals surface area contributed by atoms with Crippen LogP contribution in [0.25, 0.3) is 10.9 Å². The van der Waals surface area contributed by atoms with Crippen molar-refractivity contribution in [3.05, 3.63) is 35.0 Å². The van der Waals surface area contributed by atoms with Crippen LogP contribution in [0.4, 0.5) is 0 Å². The van der Waals surface area contributed by atoms with Crippen LogP contribution in [0.5, 0.6) is 0 Å². The van der Waals surface area contributed by atoms with Crippen molar-refractivity contribution in [2.45, 2.75) is 26.4 Å². The van der Waals surface area contributed by atoms with Gasteiger partial charge in [0.25, 0.3) is 0 Å². The molecule has 0 radical (unpaired) electrons. The van der Waals surface area contributed by atoms with Gasteiger partial charge in [0.05, 0.1) is 5.52 Å². The summed E-state index contributed by atoms with van der Waals surface area (Å²) in [6, 6.07) is 6.54. The van der Waals surface area contributed by atoms with E-state index >= 15 is 0 Å². The minimum absolute atomic E-state index is 0.451. The Labute approximate surface area is 101 Å². The number of hydrogen-bond acceptors (Lipinski definition) is 1. The van der Waals surface area contributed by atoms with E-state index in [2.05, 4.69) is 36.0 Å². The van der Waals surface area contributed by atoms with Crippen LogP contribution in [0, 0.1) is 0 Å². The van der Waals surface area contributed by atoms with E-state index in [4.69, 9.17) is 11.6 Å². The first-order valence-corrected chi connectivity index (χ1v) is 5.95. The van der Waals surface area contributed by atoms with Crippen molar-refractivity contribution in [1.29, 1.82) is 0 Å². The monoisotopic (exact) mass is 236 g/mol. The van der Waals surface area contributed by atoms with E-state index in [1.807, 2.05) is 19.2 Å². The van der Waals surface area contributed by atoms with Gasteiger partial charge in [-0.2, -0.15) is 0 Å². The lowest BCUT2D eigenvalue weighted by molar-refractivity contribution is 0.619. The predicted octanol–water partition coefficient (Wildman–Crippen LogP) is 3.60. The first-order chi connectivity index (χ1) is 7.63. The van der Waals surface area contributed by atoms with Crippen LogP contribution in [0.2, 0.25) is 5.02 Å². The first kappa shape index (κ1) is 11.5. The standard InChI is InChI=1S/C13H17ClN2/c1-9(2)16-8-10(7-15-3)12-5-4-11(14)6-13(12)16/h4-6,8-9,15H,7H2,1-3H3. The van der Waals surface area contributed by atoms with E-state index in [0.717, 1.165) is 11.6 Å². The number of nitrogens with zero attached hydrogens (tertiary/aromatic N) is 1. The zero-order chi connectivity index (χ0) is 11.7. The Morgan fingerprint density at radius 1 is 1.38 bits per heavy atom. The Bertz CT molecular complexity index is 500. The highest BCUT2D eigenvalue weighted by molar-refractivity contribution is 6.31. The van der Waals surface area contributed by atoms with Crippen LogP contribution < -0.4 is 5.32 Å². The number of hydrogen-bond donors (Lipinski definition) is 1. The minimum atomic E-state index is 0.451. The molecule has 0 atom stereocenters. The van der Waals surface area contributed by atoms with Crippen molar-refractivity contribution in [3.8, 4) is 0 Å². The molecule has 2 aromatic rings. The van der Waals surface area contributed by atoms with Crippen molar-refractivity contribution in [2.24, 2.45) is 0 Å². The molecule has 1 heterocycles. The molecule has 3 heteroatoms. The fourth-order valence-corrected chi connectivity index (χ4v) is 2.22. The van der Waals surface area contributed by atoms with E-state index in [1.165, 1.54) is 16.5 Å². The molecular formula is C13H17ClN2. The molecule has 1 aromatic heterocycles. The molecule has 1 aromatic carbocycles. The summed E-state index contributed by atoms with van der Waals surface area (Å²) < 4.78 is 2.27. The predicted molar refractivity (Wildman–Crippen MR) is 70.1 cm³/mol. The molecule has 0 aliphatic heterocycles. The van der Waals surface area contributed by atoms with Crippen LogP contribution in [0.3, 0.4) is 0 Å². The molecule has 0 spiro atoms. The van der Waals surface area contributed by atoms with E-state index in [0.29, 0.717) is 6.04 Å². The highest BCUT2D eigenvalue weighted by Gasteiger charge is 2.10. The molecule has 2 nitrogen and oxygen atoms in total. The molecule has 0 bridgehead atoms. The van der Waals surface area contributed by atoms with Gasteiger partial charge in [0, 0.05) is 29.2 Å². The normalized spacial score (nSPS) is 11.6. The Morgan fingerprint density at radius 3 is 2.75 bits per heavy atom. The molecule has 86 valence electrons. The lowest BCUT2D eigenvalue weighted by atomic mass is 10.2. The quantitative estimate of drug-likeness (QED) is 0.862. The topological polar surface area (TPSA) is 17.0 Å². The van der Waals surface area contributed by atoms with Crippen LogP contribution in [0.15, 0.2) is 24.4 Å². The smallest absolute Gasteiger partial charge is 0.0501 e. The molecule has 0 aliphatic carbocycles. The molecule has 2 rings (SSSR count). The van der Waals surface area contributed by atoms with E-state index in [9.17, 15) is 0 Å². The van der Waals surface area contributed by atoms with Gasteiger partial charge < -0.3 is 9.88 Å². The van der Waals surface area contributed by atoms with Crippen LogP contribution >= 0.6 is 11.6 Å². The van der Waals surface area contributed by atoms with Crippen molar-refractivity contribution in [3.63, 3.8) is 0 Å². The number of aromatic nitrogens is 1. The molecular weight excluding hydrogens is 220 g/mol. The number of fused-ring (bicyclic) bond motifs is 1. The van der Waals surface area contributed by atoms with Gasteiger partial charge in [-0.05, 0) is 38.6 Å². The Kier molecular flexibility index (Phi) is 3.22. The summed E-state index contributed by atoms with van der Waals surface area (Å²) in [5, 5.41) is 5.28. The number of benzene rings is 1. The van der Waals surface area contributed by atoms with Crippen LogP contribution in [-0.4, -0.2) is 11.6 Å². The summed E-state index contributed by atoms with van der Waals surface area (Å²) in [5.74, 6) is 0. The summed E-state index contributed by atoms with van der Waals surface area (Å²) in [5.41, 5.74) is 2.54. The number of rotatable bonds is 3. The second-order valence-electron chi connectivity index (χ2n) is 4.35. The van der Waals surface area contributed by atoms with Gasteiger partial charge in [0.15, 0.2) is 0 Å². The molecule has 0 aliphatic rings. The van der Waals surface area contributed by atoms with Gasteiger partial charge in [-0.15, -0.1) is 0 Å². The van der Waals surface area contributed by atoms with E-state index < -0.39 is 0 Å². The van der Waals surface area contributed by atoms with E-state index in [1.54, 1.807) is 0 Å². The third-order valence-corrected chi connectivity index (χ3v) is 3.04. The average Bonchev–Trinajstić information content (AvgIpc) is 2.57. The zero-order valence-corrected chi connectivity index (χ0v) is 10.7. The summed E-state index contributed by atoms with van der Waals surface area (Å²) in [4.78, 5) is 0. The van der Waals surface area contributed by atoms with Gasteiger partial charge >= 0.3 is 0 Å². The second-order valence-corrected chi connectivity index (χ2v) is 4.78. The first-order valence-electron chi connectivity index (χ1n) is 5.57. The maximum absolute atomic E-state index is 6.05. The van der Waals surface area contributed by atoms with Gasteiger partial charge in [-0.25, -0.2) is 0 Å². The average molecular weight is 237 g/mol. The number of nitrogens with one attached hydrogen (secondary N) is 1. The van der Waals surface area contributed by atoms with Crippen LogP contribution in [0.1, 0.15) is 25.5 Å². The maximum Gasteiger partial charge on any atom is 0.0501 e. The lowest BCUT2D eigenvalue weighted by Crippen LogP contribution is -2.04. The molecule has 1 N–H and O–H groups in total. The van der Waals surface area contributed by atoms with Crippen molar-refractivity contribution in [2.75, 3.05) is 7.05 Å². The molecule has 16 heavy (non-hydrogen) atoms. The highest BCUT2D eigenvalue weighted by Crippen LogP contribution is 2.27. The summed E-state index contributed by atoms with van der Waals surface area (Å²) >= 11 is 6.05.